The van der Waals surface area contributed by atoms with Crippen molar-refractivity contribution < 1.29 is 14.3 Å². The second-order valence-electron chi connectivity index (χ2n) is 6.98. The summed E-state index contributed by atoms with van der Waals surface area (Å²) in [6.45, 7) is 9.88. The molecule has 0 heterocycles. The minimum Gasteiger partial charge on any atom is -0.484 e. The predicted molar refractivity (Wildman–Crippen MR) is 95.8 cm³/mol. The first-order valence-corrected chi connectivity index (χ1v) is 8.01. The maximum Gasteiger partial charge on any atom is 0.258 e. The molecular weight excluding hydrogens is 302 g/mol. The number of ether oxygens (including phenoxy) is 2. The Hall–Kier alpha value is -2.49. The lowest BCUT2D eigenvalue weighted by Crippen LogP contribution is -2.43. The molecule has 4 nitrogen and oxygen atoms in total. The van der Waals surface area contributed by atoms with Crippen LogP contribution in [-0.2, 0) is 4.79 Å². The average Bonchev–Trinajstić information content (AvgIpc) is 2.43. The first-order chi connectivity index (χ1) is 11.2. The second-order valence-corrected chi connectivity index (χ2v) is 6.98. The Bertz CT molecular complexity index is 680. The van der Waals surface area contributed by atoms with Crippen LogP contribution in [0, 0.1) is 13.8 Å². The molecule has 0 spiro atoms. The first-order valence-electron chi connectivity index (χ1n) is 8.01. The molecule has 128 valence electrons. The van der Waals surface area contributed by atoms with Crippen molar-refractivity contribution in [2.75, 3.05) is 6.61 Å². The van der Waals surface area contributed by atoms with Gasteiger partial charge in [0.05, 0.1) is 0 Å². The van der Waals surface area contributed by atoms with E-state index < -0.39 is 0 Å². The number of carbonyl (C=O) groups excluding carboxylic acids is 1. The van der Waals surface area contributed by atoms with E-state index in [-0.39, 0.29) is 18.1 Å². The smallest absolute Gasteiger partial charge is 0.258 e. The van der Waals surface area contributed by atoms with Gasteiger partial charge >= 0.3 is 0 Å². The zero-order valence-corrected chi connectivity index (χ0v) is 15.0. The minimum absolute atomic E-state index is 0.00541. The van der Waals surface area contributed by atoms with E-state index in [0.29, 0.717) is 5.75 Å². The number of rotatable bonds is 5. The third-order valence-corrected chi connectivity index (χ3v) is 3.14. The maximum absolute atomic E-state index is 11.7. The summed E-state index contributed by atoms with van der Waals surface area (Å²) in [5.41, 5.74) is 2.06. The molecule has 0 aliphatic heterocycles. The van der Waals surface area contributed by atoms with Crippen LogP contribution in [0.3, 0.4) is 0 Å². The predicted octanol–water partition coefficient (Wildman–Crippen LogP) is 4.39. The zero-order valence-electron chi connectivity index (χ0n) is 15.0. The summed E-state index contributed by atoms with van der Waals surface area (Å²) >= 11 is 0. The fraction of sp³-hybridized carbons (Fsp3) is 0.350. The van der Waals surface area contributed by atoms with Crippen LogP contribution in [0.1, 0.15) is 31.9 Å². The number of hydrogen-bond donors (Lipinski definition) is 1. The molecule has 0 atom stereocenters. The van der Waals surface area contributed by atoms with Crippen LogP contribution in [0.25, 0.3) is 0 Å². The second kappa shape index (κ2) is 7.39. The normalized spacial score (nSPS) is 11.0. The molecule has 0 saturated carbocycles. The van der Waals surface area contributed by atoms with E-state index in [0.717, 1.165) is 22.6 Å². The summed E-state index contributed by atoms with van der Waals surface area (Å²) < 4.78 is 11.3. The van der Waals surface area contributed by atoms with E-state index in [4.69, 9.17) is 9.47 Å². The van der Waals surface area contributed by atoms with Crippen LogP contribution in [0.2, 0.25) is 0 Å². The van der Waals surface area contributed by atoms with Crippen LogP contribution in [0.5, 0.6) is 17.2 Å². The molecule has 0 unspecified atom stereocenters. The maximum atomic E-state index is 11.7. The zero-order chi connectivity index (χ0) is 17.7. The van der Waals surface area contributed by atoms with Crippen LogP contribution < -0.4 is 14.8 Å². The molecule has 0 radical (unpaired) electrons. The van der Waals surface area contributed by atoms with Gasteiger partial charge in [-0.25, -0.2) is 0 Å². The largest absolute Gasteiger partial charge is 0.484 e. The van der Waals surface area contributed by atoms with E-state index in [1.165, 1.54) is 0 Å². The van der Waals surface area contributed by atoms with Gasteiger partial charge in [0.25, 0.3) is 5.91 Å². The van der Waals surface area contributed by atoms with Crippen molar-refractivity contribution in [3.8, 4) is 17.2 Å². The van der Waals surface area contributed by atoms with E-state index in [1.54, 1.807) is 12.1 Å². The van der Waals surface area contributed by atoms with Crippen molar-refractivity contribution in [2.45, 2.75) is 40.2 Å². The van der Waals surface area contributed by atoms with Crippen molar-refractivity contribution in [3.05, 3.63) is 53.6 Å². The molecule has 1 N–H and O–H groups in total. The first kappa shape index (κ1) is 17.9. The van der Waals surface area contributed by atoms with E-state index >= 15 is 0 Å². The van der Waals surface area contributed by atoms with Crippen molar-refractivity contribution in [1.29, 1.82) is 0 Å². The SMILES string of the molecule is Cc1cc(C)cc(Oc2ccc(OCC(=O)NC(C)(C)C)cc2)c1. The minimum atomic E-state index is -0.260. The summed E-state index contributed by atoms with van der Waals surface area (Å²) in [6, 6.07) is 13.3. The number of amides is 1. The Morgan fingerprint density at radius 2 is 1.46 bits per heavy atom. The fourth-order valence-electron chi connectivity index (χ4n) is 2.34. The highest BCUT2D eigenvalue weighted by Gasteiger charge is 2.13. The van der Waals surface area contributed by atoms with Gasteiger partial charge in [-0.05, 0) is 82.1 Å². The molecule has 2 aromatic rings. The monoisotopic (exact) mass is 327 g/mol. The Kier molecular flexibility index (Phi) is 5.50. The van der Waals surface area contributed by atoms with Gasteiger partial charge in [0.1, 0.15) is 17.2 Å². The Labute approximate surface area is 143 Å². The molecule has 4 heteroatoms. The third-order valence-electron chi connectivity index (χ3n) is 3.14. The summed E-state index contributed by atoms with van der Waals surface area (Å²) in [4.78, 5) is 11.7. The highest BCUT2D eigenvalue weighted by molar-refractivity contribution is 5.78. The van der Waals surface area contributed by atoms with E-state index in [2.05, 4.69) is 11.4 Å². The molecule has 0 aliphatic carbocycles. The van der Waals surface area contributed by atoms with Crippen molar-refractivity contribution in [1.82, 2.24) is 5.32 Å². The van der Waals surface area contributed by atoms with Crippen LogP contribution in [0.15, 0.2) is 42.5 Å². The van der Waals surface area contributed by atoms with Gasteiger partial charge in [-0.15, -0.1) is 0 Å². The fourth-order valence-corrected chi connectivity index (χ4v) is 2.34. The summed E-state index contributed by atoms with van der Waals surface area (Å²) in [6.07, 6.45) is 0. The quantitative estimate of drug-likeness (QED) is 0.886. The topological polar surface area (TPSA) is 47.6 Å². The van der Waals surface area contributed by atoms with Gasteiger partial charge in [-0.1, -0.05) is 6.07 Å². The van der Waals surface area contributed by atoms with Crippen LogP contribution in [0.4, 0.5) is 0 Å². The lowest BCUT2D eigenvalue weighted by Gasteiger charge is -2.20. The molecule has 2 aromatic carbocycles. The molecule has 0 aromatic heterocycles. The van der Waals surface area contributed by atoms with Gasteiger partial charge in [0.15, 0.2) is 6.61 Å². The Balaban J connectivity index is 1.92. The molecule has 1 amide bonds. The molecule has 0 fully saturated rings. The van der Waals surface area contributed by atoms with E-state index in [1.807, 2.05) is 58.9 Å². The molecule has 24 heavy (non-hydrogen) atoms. The van der Waals surface area contributed by atoms with Gasteiger partial charge in [0, 0.05) is 5.54 Å². The molecule has 2 rings (SSSR count). The highest BCUT2D eigenvalue weighted by atomic mass is 16.5. The summed E-state index contributed by atoms with van der Waals surface area (Å²) in [5.74, 6) is 2.03. The van der Waals surface area contributed by atoms with Crippen LogP contribution >= 0.6 is 0 Å². The number of nitrogens with one attached hydrogen (secondary N) is 1. The summed E-state index contributed by atoms with van der Waals surface area (Å²) in [5, 5.41) is 2.86. The van der Waals surface area contributed by atoms with Gasteiger partial charge in [-0.2, -0.15) is 0 Å². The number of hydrogen-bond acceptors (Lipinski definition) is 3. The number of benzene rings is 2. The van der Waals surface area contributed by atoms with Crippen molar-refractivity contribution in [2.24, 2.45) is 0 Å². The van der Waals surface area contributed by atoms with Gasteiger partial charge < -0.3 is 14.8 Å². The lowest BCUT2D eigenvalue weighted by molar-refractivity contribution is -0.124. The molecule has 0 saturated heterocycles. The number of carbonyl (C=O) groups is 1. The summed E-state index contributed by atoms with van der Waals surface area (Å²) in [7, 11) is 0. The Morgan fingerprint density at radius 3 is 2.00 bits per heavy atom. The standard InChI is InChI=1S/C20H25NO3/c1-14-10-15(2)12-18(11-14)24-17-8-6-16(7-9-17)23-13-19(22)21-20(3,4)5/h6-12H,13H2,1-5H3,(H,21,22). The lowest BCUT2D eigenvalue weighted by atomic mass is 10.1. The van der Waals surface area contributed by atoms with Crippen LogP contribution in [-0.4, -0.2) is 18.1 Å². The Morgan fingerprint density at radius 1 is 0.917 bits per heavy atom. The van der Waals surface area contributed by atoms with Gasteiger partial charge in [-0.3, -0.25) is 4.79 Å². The van der Waals surface area contributed by atoms with Gasteiger partial charge in [0.2, 0.25) is 0 Å². The average molecular weight is 327 g/mol. The third kappa shape index (κ3) is 5.95. The van der Waals surface area contributed by atoms with E-state index in [9.17, 15) is 4.79 Å². The molecule has 0 aliphatic rings. The van der Waals surface area contributed by atoms with Crippen molar-refractivity contribution in [3.63, 3.8) is 0 Å². The molecule has 0 bridgehead atoms. The highest BCUT2D eigenvalue weighted by Crippen LogP contribution is 2.25. The molecular formula is C20H25NO3. The number of aryl methyl sites for hydroxylation is 2. The van der Waals surface area contributed by atoms with Crippen molar-refractivity contribution >= 4 is 5.91 Å².